The molecule has 1 aliphatic carbocycles. The molecule has 0 bridgehead atoms. The van der Waals surface area contributed by atoms with Crippen LogP contribution in [0.2, 0.25) is 0 Å². The second kappa shape index (κ2) is 16.9. The lowest BCUT2D eigenvalue weighted by Gasteiger charge is -2.35. The minimum atomic E-state index is -0.558. The summed E-state index contributed by atoms with van der Waals surface area (Å²) in [7, 11) is 0. The molecule has 11 aromatic carbocycles. The molecular weight excluding hydrogens is 851 g/mol. The molecular formula is C67H45NS. The lowest BCUT2D eigenvalue weighted by Crippen LogP contribution is -2.28. The summed E-state index contributed by atoms with van der Waals surface area (Å²) < 4.78 is 2.63. The molecule has 12 aromatic rings. The van der Waals surface area contributed by atoms with Crippen LogP contribution in [-0.2, 0) is 5.41 Å². The van der Waals surface area contributed by atoms with Crippen molar-refractivity contribution in [3.63, 3.8) is 0 Å². The van der Waals surface area contributed by atoms with Crippen LogP contribution in [0, 0.1) is 0 Å². The number of anilines is 3. The van der Waals surface area contributed by atoms with Crippen molar-refractivity contribution < 1.29 is 0 Å². The summed E-state index contributed by atoms with van der Waals surface area (Å²) in [5, 5.41) is 2.61. The number of hydrogen-bond donors (Lipinski definition) is 0. The lowest BCUT2D eigenvalue weighted by atomic mass is 9.67. The highest BCUT2D eigenvalue weighted by Crippen LogP contribution is 2.58. The molecule has 1 nitrogen and oxygen atoms in total. The van der Waals surface area contributed by atoms with E-state index in [1.807, 2.05) is 11.3 Å². The molecule has 0 saturated carbocycles. The summed E-state index contributed by atoms with van der Waals surface area (Å²) >= 11 is 1.88. The summed E-state index contributed by atoms with van der Waals surface area (Å²) in [6, 6.07) is 101. The van der Waals surface area contributed by atoms with E-state index in [0.717, 1.165) is 17.1 Å². The van der Waals surface area contributed by atoms with Crippen LogP contribution >= 0.6 is 11.3 Å². The molecule has 0 fully saturated rings. The second-order valence-electron chi connectivity index (χ2n) is 17.9. The van der Waals surface area contributed by atoms with Crippen LogP contribution in [0.3, 0.4) is 0 Å². The quantitative estimate of drug-likeness (QED) is 0.140. The van der Waals surface area contributed by atoms with Crippen molar-refractivity contribution in [1.29, 1.82) is 0 Å². The van der Waals surface area contributed by atoms with Crippen molar-refractivity contribution in [3.8, 4) is 55.6 Å². The van der Waals surface area contributed by atoms with Crippen molar-refractivity contribution >= 4 is 48.6 Å². The fourth-order valence-electron chi connectivity index (χ4n) is 11.2. The molecule has 0 amide bonds. The molecule has 0 radical (unpaired) electrons. The van der Waals surface area contributed by atoms with E-state index in [1.54, 1.807) is 0 Å². The van der Waals surface area contributed by atoms with Gasteiger partial charge in [0.1, 0.15) is 0 Å². The van der Waals surface area contributed by atoms with Gasteiger partial charge in [0.05, 0.1) is 11.1 Å². The van der Waals surface area contributed by atoms with Crippen LogP contribution in [0.15, 0.2) is 273 Å². The molecule has 0 N–H and O–H groups in total. The predicted molar refractivity (Wildman–Crippen MR) is 293 cm³/mol. The molecule has 324 valence electrons. The van der Waals surface area contributed by atoms with E-state index in [2.05, 4.69) is 278 Å². The monoisotopic (exact) mass is 895 g/mol. The van der Waals surface area contributed by atoms with Crippen LogP contribution in [0.5, 0.6) is 0 Å². The molecule has 1 heterocycles. The molecule has 1 aromatic heterocycles. The highest BCUT2D eigenvalue weighted by atomic mass is 32.1. The van der Waals surface area contributed by atoms with Gasteiger partial charge in [-0.15, -0.1) is 11.3 Å². The van der Waals surface area contributed by atoms with Crippen LogP contribution in [-0.4, -0.2) is 0 Å². The van der Waals surface area contributed by atoms with Gasteiger partial charge in [0.2, 0.25) is 0 Å². The first-order chi connectivity index (χ1) is 34.3. The Balaban J connectivity index is 1.09. The summed E-state index contributed by atoms with van der Waals surface area (Å²) in [6.45, 7) is 0. The molecule has 13 rings (SSSR count). The SMILES string of the molecule is c1ccc(-c2ccccc2-c2c(-c3ccccc3)cccc2N(c2ccc(-c3cccc4c3sc3ccccc34)cc2)c2ccc3c(c2)C(c2ccccc2)(c2ccccc2)c2ccccc2-3)cc1. The number of thiophene rings is 1. The van der Waals surface area contributed by atoms with Gasteiger partial charge in [-0.2, -0.15) is 0 Å². The normalized spacial score (nSPS) is 12.5. The number of nitrogens with zero attached hydrogens (tertiary/aromatic N) is 1. The first-order valence-corrected chi connectivity index (χ1v) is 24.6. The number of hydrogen-bond acceptors (Lipinski definition) is 2. The molecule has 2 heteroatoms. The summed E-state index contributed by atoms with van der Waals surface area (Å²) in [5.41, 5.74) is 19.8. The molecule has 69 heavy (non-hydrogen) atoms. The van der Waals surface area contributed by atoms with Gasteiger partial charge in [0.25, 0.3) is 0 Å². The van der Waals surface area contributed by atoms with Crippen LogP contribution in [0.25, 0.3) is 75.8 Å². The molecule has 0 spiro atoms. The Labute approximate surface area is 407 Å². The van der Waals surface area contributed by atoms with Gasteiger partial charge in [-0.25, -0.2) is 0 Å². The van der Waals surface area contributed by atoms with Gasteiger partial charge in [0.15, 0.2) is 0 Å². The van der Waals surface area contributed by atoms with Crippen molar-refractivity contribution in [2.75, 3.05) is 4.90 Å². The van der Waals surface area contributed by atoms with E-state index in [0.29, 0.717) is 0 Å². The van der Waals surface area contributed by atoms with E-state index >= 15 is 0 Å². The number of rotatable bonds is 9. The molecule has 0 aliphatic heterocycles. The van der Waals surface area contributed by atoms with E-state index in [4.69, 9.17) is 0 Å². The van der Waals surface area contributed by atoms with E-state index < -0.39 is 5.41 Å². The first kappa shape index (κ1) is 40.7. The van der Waals surface area contributed by atoms with Crippen molar-refractivity contribution in [1.82, 2.24) is 0 Å². The summed E-state index contributed by atoms with van der Waals surface area (Å²) in [4.78, 5) is 2.51. The fourth-order valence-corrected chi connectivity index (χ4v) is 12.4. The Morgan fingerprint density at radius 1 is 0.304 bits per heavy atom. The third kappa shape index (κ3) is 6.67. The van der Waals surface area contributed by atoms with Crippen molar-refractivity contribution in [3.05, 3.63) is 295 Å². The molecule has 0 unspecified atom stereocenters. The summed E-state index contributed by atoms with van der Waals surface area (Å²) in [6.07, 6.45) is 0. The molecule has 1 aliphatic rings. The third-order valence-corrected chi connectivity index (χ3v) is 15.4. The number of benzene rings is 11. The summed E-state index contributed by atoms with van der Waals surface area (Å²) in [5.74, 6) is 0. The number of fused-ring (bicyclic) bond motifs is 6. The zero-order chi connectivity index (χ0) is 45.7. The van der Waals surface area contributed by atoms with Gasteiger partial charge >= 0.3 is 0 Å². The average molecular weight is 896 g/mol. The highest BCUT2D eigenvalue weighted by Gasteiger charge is 2.46. The fraction of sp³-hybridized carbons (Fsp3) is 0.0149. The zero-order valence-corrected chi connectivity index (χ0v) is 38.7. The smallest absolute Gasteiger partial charge is 0.0714 e. The van der Waals surface area contributed by atoms with Crippen molar-refractivity contribution in [2.45, 2.75) is 5.41 Å². The van der Waals surface area contributed by atoms with Gasteiger partial charge < -0.3 is 4.90 Å². The maximum atomic E-state index is 2.51. The second-order valence-corrected chi connectivity index (χ2v) is 18.9. The Morgan fingerprint density at radius 2 is 0.797 bits per heavy atom. The van der Waals surface area contributed by atoms with E-state index in [9.17, 15) is 0 Å². The Hall–Kier alpha value is -8.56. The van der Waals surface area contributed by atoms with Gasteiger partial charge in [-0.1, -0.05) is 237 Å². The largest absolute Gasteiger partial charge is 0.310 e. The Bertz CT molecular complexity index is 3780. The zero-order valence-electron chi connectivity index (χ0n) is 37.8. The maximum Gasteiger partial charge on any atom is 0.0714 e. The third-order valence-electron chi connectivity index (χ3n) is 14.2. The molecule has 0 saturated heterocycles. The lowest BCUT2D eigenvalue weighted by molar-refractivity contribution is 0.768. The minimum absolute atomic E-state index is 0.558. The Morgan fingerprint density at radius 3 is 1.51 bits per heavy atom. The van der Waals surface area contributed by atoms with Crippen molar-refractivity contribution in [2.24, 2.45) is 0 Å². The first-order valence-electron chi connectivity index (χ1n) is 23.8. The highest BCUT2D eigenvalue weighted by molar-refractivity contribution is 7.26. The predicted octanol–water partition coefficient (Wildman–Crippen LogP) is 18.6. The van der Waals surface area contributed by atoms with Gasteiger partial charge in [-0.05, 0) is 109 Å². The van der Waals surface area contributed by atoms with Crippen LogP contribution < -0.4 is 4.90 Å². The Kier molecular flexibility index (Phi) is 10.00. The van der Waals surface area contributed by atoms with Gasteiger partial charge in [-0.3, -0.25) is 0 Å². The van der Waals surface area contributed by atoms with Gasteiger partial charge in [0, 0.05) is 37.1 Å². The van der Waals surface area contributed by atoms with E-state index in [-0.39, 0.29) is 0 Å². The van der Waals surface area contributed by atoms with E-state index in [1.165, 1.54) is 98.1 Å². The minimum Gasteiger partial charge on any atom is -0.310 e. The maximum absolute atomic E-state index is 2.51. The average Bonchev–Trinajstić information content (AvgIpc) is 3.96. The van der Waals surface area contributed by atoms with Crippen LogP contribution in [0.4, 0.5) is 17.1 Å². The topological polar surface area (TPSA) is 3.24 Å². The standard InChI is InChI=1S/C67H45NS/c1-5-21-46(22-6-1)53-29-13-14-32-59(53)65-54(47-23-7-2-8-24-47)33-20-37-63(65)68(51-41-39-48(40-42-51)55-34-19-35-60-58-31-16-18-38-64(58)69-66(55)60)52-43-44-57-56-30-15-17-36-61(56)67(62(57)45-52,49-25-9-3-10-26-49)50-27-11-4-12-28-50/h1-45H. The van der Waals surface area contributed by atoms with Crippen LogP contribution in [0.1, 0.15) is 22.3 Å². The molecule has 0 atom stereocenters.